The number of allylic oxidation sites excluding steroid dienone is 1. The Balaban J connectivity index is 1.59. The second kappa shape index (κ2) is 10.7. The first-order valence-electron chi connectivity index (χ1n) is 11.8. The van der Waals surface area contributed by atoms with Gasteiger partial charge >= 0.3 is 6.03 Å². The molecule has 2 aliphatic heterocycles. The number of phenols is 1. The van der Waals surface area contributed by atoms with Crippen LogP contribution >= 0.6 is 9.24 Å². The topological polar surface area (TPSA) is 149 Å². The van der Waals surface area contributed by atoms with Gasteiger partial charge in [0.2, 0.25) is 20.0 Å². The quantitative estimate of drug-likeness (QED) is 0.435. The largest absolute Gasteiger partial charge is 0.507 e. The van der Waals surface area contributed by atoms with E-state index >= 15 is 0 Å². The molecule has 0 spiro atoms. The number of aryl methyl sites for hydroxylation is 2. The van der Waals surface area contributed by atoms with E-state index in [-0.39, 0.29) is 35.1 Å². The van der Waals surface area contributed by atoms with Crippen LogP contribution < -0.4 is 15.1 Å². The summed E-state index contributed by atoms with van der Waals surface area (Å²) in [7, 11) is -4.30. The lowest BCUT2D eigenvalue weighted by Crippen LogP contribution is -2.60. The first-order valence-corrected chi connectivity index (χ1v) is 15.8. The van der Waals surface area contributed by atoms with Gasteiger partial charge in [-0.05, 0) is 49.2 Å². The molecule has 40 heavy (non-hydrogen) atoms. The fourth-order valence-electron chi connectivity index (χ4n) is 4.20. The zero-order valence-electron chi connectivity index (χ0n) is 22.1. The number of phenolic OH excluding ortho intramolecular Hbond substituents is 1. The van der Waals surface area contributed by atoms with E-state index in [4.69, 9.17) is 4.74 Å². The minimum absolute atomic E-state index is 0.0467. The Labute approximate surface area is 234 Å². The highest BCUT2D eigenvalue weighted by atomic mass is 32.2. The van der Waals surface area contributed by atoms with E-state index in [0.717, 1.165) is 19.9 Å². The molecule has 12 nitrogen and oxygen atoms in total. The van der Waals surface area contributed by atoms with E-state index in [0.29, 0.717) is 22.6 Å². The number of anilines is 1. The van der Waals surface area contributed by atoms with Gasteiger partial charge in [0.25, 0.3) is 0 Å². The van der Waals surface area contributed by atoms with E-state index in [1.807, 2.05) is 9.24 Å². The number of ether oxygens (including phenoxy) is 1. The minimum atomic E-state index is -4.15. The molecular formula is C24H29FN5O7PS2. The average molecular weight is 614 g/mol. The number of hydrazone groups is 1. The number of amides is 2. The molecule has 2 heterocycles. The number of rotatable bonds is 8. The highest BCUT2D eigenvalue weighted by Gasteiger charge is 2.42. The highest BCUT2D eigenvalue weighted by molar-refractivity contribution is 7.89. The molecule has 2 atom stereocenters. The third-order valence-corrected chi connectivity index (χ3v) is 10.1. The van der Waals surface area contributed by atoms with Crippen molar-refractivity contribution in [2.75, 3.05) is 31.4 Å². The van der Waals surface area contributed by atoms with Gasteiger partial charge in [-0.25, -0.2) is 26.0 Å². The summed E-state index contributed by atoms with van der Waals surface area (Å²) in [4.78, 5) is 12.1. The average Bonchev–Trinajstić information content (AvgIpc) is 2.80. The number of hydrogen-bond acceptors (Lipinski definition) is 8. The number of sulfonamides is 2. The van der Waals surface area contributed by atoms with Gasteiger partial charge in [-0.2, -0.15) is 18.7 Å². The Kier molecular flexibility index (Phi) is 8.00. The lowest BCUT2D eigenvalue weighted by Gasteiger charge is -2.41. The fourth-order valence-corrected chi connectivity index (χ4v) is 6.76. The van der Waals surface area contributed by atoms with Crippen molar-refractivity contribution in [1.82, 2.24) is 13.9 Å². The van der Waals surface area contributed by atoms with Gasteiger partial charge in [-0.15, -0.1) is 0 Å². The number of alkyl halides is 1. The molecule has 1 fully saturated rings. The fraction of sp³-hybridized carbons (Fsp3) is 0.333. The predicted octanol–water partition coefficient (Wildman–Crippen LogP) is 2.64. The molecule has 16 heteroatoms. The highest BCUT2D eigenvalue weighted by Crippen LogP contribution is 2.37. The lowest BCUT2D eigenvalue weighted by molar-refractivity contribution is 0.172. The third-order valence-electron chi connectivity index (χ3n) is 6.55. The van der Waals surface area contributed by atoms with Crippen molar-refractivity contribution in [3.8, 4) is 17.2 Å². The van der Waals surface area contributed by atoms with Crippen molar-refractivity contribution >= 4 is 46.7 Å². The number of carbonyl (C=O) groups is 1. The van der Waals surface area contributed by atoms with Crippen LogP contribution in [0.25, 0.3) is 0 Å². The van der Waals surface area contributed by atoms with Crippen LogP contribution in [0.5, 0.6) is 17.2 Å². The van der Waals surface area contributed by atoms with Crippen molar-refractivity contribution in [2.24, 2.45) is 5.10 Å². The molecule has 2 aliphatic rings. The molecule has 0 radical (unpaired) electrons. The Morgan fingerprint density at radius 2 is 1.80 bits per heavy atom. The van der Waals surface area contributed by atoms with Crippen LogP contribution in [0.3, 0.4) is 0 Å². The number of nitrogens with zero attached hydrogens (tertiary/aromatic N) is 4. The number of urea groups is 1. The summed E-state index contributed by atoms with van der Waals surface area (Å²) in [6.45, 7) is 6.91. The second-order valence-electron chi connectivity index (χ2n) is 9.50. The van der Waals surface area contributed by atoms with Crippen LogP contribution in [0, 0.1) is 13.8 Å². The number of halogens is 1. The van der Waals surface area contributed by atoms with E-state index in [1.54, 1.807) is 26.0 Å². The molecule has 4 rings (SSSR count). The smallest absolute Gasteiger partial charge is 0.347 e. The maximum Gasteiger partial charge on any atom is 0.347 e. The Hall–Kier alpha value is -3.10. The molecule has 2 aromatic carbocycles. The zero-order valence-corrected chi connectivity index (χ0v) is 24.9. The molecule has 0 aliphatic carbocycles. The number of benzene rings is 2. The first kappa shape index (κ1) is 29.9. The van der Waals surface area contributed by atoms with Crippen LogP contribution in [0.4, 0.5) is 14.9 Å². The third kappa shape index (κ3) is 5.70. The number of aromatic hydroxyl groups is 1. The van der Waals surface area contributed by atoms with E-state index in [1.165, 1.54) is 25.2 Å². The lowest BCUT2D eigenvalue weighted by atomic mass is 10.1. The van der Waals surface area contributed by atoms with Crippen LogP contribution in [-0.4, -0.2) is 80.6 Å². The van der Waals surface area contributed by atoms with Crippen LogP contribution in [0.15, 0.2) is 52.6 Å². The van der Waals surface area contributed by atoms with Crippen molar-refractivity contribution in [3.05, 3.63) is 53.7 Å². The van der Waals surface area contributed by atoms with Gasteiger partial charge in [0, 0.05) is 26.2 Å². The Morgan fingerprint density at radius 3 is 2.35 bits per heavy atom. The summed E-state index contributed by atoms with van der Waals surface area (Å²) in [6, 6.07) is 5.86. The standard InChI is InChI=1S/C24H29FN5O7PS2/c1-13-8-16(30-24(32)26-15(3)21(27-30)23(25)38)9-14(2)22(13)37-18-6-7-19(31)20(10-18)40(35,36)29-11-17(12-29)28(4)39(5,33)34/h6-10,17,23,31H,3,11-12,38H2,1-2,4-5H3,(H,26,32). The Morgan fingerprint density at radius 1 is 1.20 bits per heavy atom. The van der Waals surface area contributed by atoms with Crippen LogP contribution in [0.2, 0.25) is 0 Å². The molecule has 0 aromatic heterocycles. The van der Waals surface area contributed by atoms with E-state index < -0.39 is 43.8 Å². The van der Waals surface area contributed by atoms with E-state index in [2.05, 4.69) is 17.0 Å². The minimum Gasteiger partial charge on any atom is -0.507 e. The summed E-state index contributed by atoms with van der Waals surface area (Å²) >= 11 is 0. The summed E-state index contributed by atoms with van der Waals surface area (Å²) in [5.74, 6) is -1.53. The molecule has 2 amide bonds. The number of likely N-dealkylation sites (N-methyl/N-ethyl adjacent to an activating group) is 1. The van der Waals surface area contributed by atoms with Crippen molar-refractivity contribution in [1.29, 1.82) is 0 Å². The Bertz CT molecular complexity index is 1620. The summed E-state index contributed by atoms with van der Waals surface area (Å²) in [5, 5.41) is 17.9. The normalized spacial score (nSPS) is 17.9. The molecular weight excluding hydrogens is 584 g/mol. The summed E-state index contributed by atoms with van der Waals surface area (Å²) in [5.41, 5.74) is 1.49. The van der Waals surface area contributed by atoms with Gasteiger partial charge in [0.15, 0.2) is 5.91 Å². The second-order valence-corrected chi connectivity index (χ2v) is 14.0. The first-order chi connectivity index (χ1) is 18.5. The number of nitrogens with one attached hydrogen (secondary N) is 1. The van der Waals surface area contributed by atoms with Gasteiger partial charge < -0.3 is 15.2 Å². The molecule has 0 bridgehead atoms. The maximum absolute atomic E-state index is 13.9. The monoisotopic (exact) mass is 613 g/mol. The summed E-state index contributed by atoms with van der Waals surface area (Å²) < 4.78 is 72.0. The number of carbonyl (C=O) groups excluding carboxylic acids is 1. The molecule has 2 N–H and O–H groups in total. The van der Waals surface area contributed by atoms with Gasteiger partial charge in [0.05, 0.1) is 23.7 Å². The molecule has 1 saturated heterocycles. The van der Waals surface area contributed by atoms with Crippen molar-refractivity contribution < 1.29 is 35.9 Å². The number of hydrogen-bond donors (Lipinski definition) is 2. The van der Waals surface area contributed by atoms with E-state index in [9.17, 15) is 31.1 Å². The SMILES string of the molecule is C=C1NC(=O)N(c2cc(C)c(Oc3ccc(O)c(S(=O)(=O)N4CC(N(C)S(C)(=O)=O)C4)c3)c(C)c2)N=C1C(F)P. The zero-order chi connectivity index (χ0) is 29.7. The predicted molar refractivity (Wildman–Crippen MR) is 151 cm³/mol. The summed E-state index contributed by atoms with van der Waals surface area (Å²) in [6.07, 6.45) is 1.04. The van der Waals surface area contributed by atoms with Crippen LogP contribution in [0.1, 0.15) is 11.1 Å². The van der Waals surface area contributed by atoms with Crippen molar-refractivity contribution in [3.63, 3.8) is 0 Å². The maximum atomic E-state index is 13.9. The molecule has 2 aromatic rings. The van der Waals surface area contributed by atoms with Crippen LogP contribution in [-0.2, 0) is 20.0 Å². The molecule has 216 valence electrons. The van der Waals surface area contributed by atoms with Gasteiger partial charge in [0.1, 0.15) is 27.9 Å². The van der Waals surface area contributed by atoms with Gasteiger partial charge in [-0.1, -0.05) is 15.8 Å². The molecule has 0 saturated carbocycles. The van der Waals surface area contributed by atoms with Crippen molar-refractivity contribution in [2.45, 2.75) is 30.7 Å². The molecule has 2 unspecified atom stereocenters. The van der Waals surface area contributed by atoms with Gasteiger partial charge in [-0.3, -0.25) is 0 Å².